The number of carbonyl (C=O) groups is 2. The van der Waals surface area contributed by atoms with E-state index in [1.54, 1.807) is 0 Å². The van der Waals surface area contributed by atoms with Gasteiger partial charge in [0.1, 0.15) is 0 Å². The molecule has 1 saturated heterocycles. The Kier molecular flexibility index (Phi) is 6.77. The van der Waals surface area contributed by atoms with Crippen LogP contribution in [0.1, 0.15) is 33.0 Å². The summed E-state index contributed by atoms with van der Waals surface area (Å²) < 4.78 is 78.6. The monoisotopic (exact) mass is 514 g/mol. The summed E-state index contributed by atoms with van der Waals surface area (Å²) in [7, 11) is 0. The summed E-state index contributed by atoms with van der Waals surface area (Å²) in [6, 6.07) is 4.02. The summed E-state index contributed by atoms with van der Waals surface area (Å²) in [6.45, 7) is -0.328. The fourth-order valence-electron chi connectivity index (χ4n) is 3.52. The maximum absolute atomic E-state index is 13.1. The SMILES string of the molecule is O=C(N[C@H]1CN(C(=O)O)C[C@@H]1c1ccc(Cl)c(Cl)c1)c1cc(C(F)(F)F)cc(C(F)(F)F)c1. The van der Waals surface area contributed by atoms with Crippen LogP contribution in [0.2, 0.25) is 10.0 Å². The summed E-state index contributed by atoms with van der Waals surface area (Å²) in [4.78, 5) is 25.1. The third-order valence-electron chi connectivity index (χ3n) is 5.13. The summed E-state index contributed by atoms with van der Waals surface area (Å²) in [5.74, 6) is -1.89. The Morgan fingerprint density at radius 2 is 1.48 bits per heavy atom. The van der Waals surface area contributed by atoms with E-state index in [9.17, 15) is 41.0 Å². The van der Waals surface area contributed by atoms with Crippen molar-refractivity contribution in [1.29, 1.82) is 0 Å². The van der Waals surface area contributed by atoms with Crippen LogP contribution in [-0.2, 0) is 12.4 Å². The van der Waals surface area contributed by atoms with E-state index in [2.05, 4.69) is 5.32 Å². The van der Waals surface area contributed by atoms with Crippen LogP contribution in [0.3, 0.4) is 0 Å². The Labute approximate surface area is 192 Å². The normalized spacial score (nSPS) is 19.0. The van der Waals surface area contributed by atoms with Crippen molar-refractivity contribution in [1.82, 2.24) is 10.2 Å². The lowest BCUT2D eigenvalue weighted by atomic mass is 9.94. The standard InChI is InChI=1S/C20H14Cl2F6N2O3/c21-14-2-1-9(5-15(14)22)13-7-30(18(32)33)8-16(13)29-17(31)10-3-11(19(23,24)25)6-12(4-10)20(26,27)28/h1-6,13,16H,7-8H2,(H,29,31)(H,32,33)/t13-,16+/m1/s1. The van der Waals surface area contributed by atoms with Crippen molar-refractivity contribution in [3.8, 4) is 0 Å². The van der Waals surface area contributed by atoms with Crippen molar-refractivity contribution >= 4 is 35.2 Å². The van der Waals surface area contributed by atoms with Gasteiger partial charge in [0, 0.05) is 24.6 Å². The van der Waals surface area contributed by atoms with Crippen LogP contribution in [0.15, 0.2) is 36.4 Å². The Morgan fingerprint density at radius 1 is 0.909 bits per heavy atom. The predicted octanol–water partition coefficient (Wildman–Crippen LogP) is 5.91. The van der Waals surface area contributed by atoms with Crippen molar-refractivity contribution in [2.45, 2.75) is 24.3 Å². The lowest BCUT2D eigenvalue weighted by molar-refractivity contribution is -0.143. The number of alkyl halides is 6. The number of likely N-dealkylation sites (tertiary alicyclic amines) is 1. The van der Waals surface area contributed by atoms with E-state index in [4.69, 9.17) is 23.2 Å². The molecule has 0 saturated carbocycles. The zero-order chi connectivity index (χ0) is 24.7. The van der Waals surface area contributed by atoms with Crippen LogP contribution >= 0.6 is 23.2 Å². The van der Waals surface area contributed by atoms with Crippen LogP contribution in [-0.4, -0.2) is 41.1 Å². The molecule has 0 radical (unpaired) electrons. The van der Waals surface area contributed by atoms with Crippen LogP contribution in [0, 0.1) is 0 Å². The van der Waals surface area contributed by atoms with E-state index >= 15 is 0 Å². The molecule has 2 atom stereocenters. The fourth-order valence-corrected chi connectivity index (χ4v) is 3.83. The largest absolute Gasteiger partial charge is 0.465 e. The number of benzene rings is 2. The number of nitrogens with zero attached hydrogens (tertiary/aromatic N) is 1. The van der Waals surface area contributed by atoms with Crippen LogP contribution in [0.4, 0.5) is 31.1 Å². The number of hydrogen-bond donors (Lipinski definition) is 2. The van der Waals surface area contributed by atoms with Gasteiger partial charge in [-0.3, -0.25) is 4.79 Å². The van der Waals surface area contributed by atoms with E-state index in [1.807, 2.05) is 0 Å². The van der Waals surface area contributed by atoms with Crippen LogP contribution in [0.25, 0.3) is 0 Å². The lowest BCUT2D eigenvalue weighted by Crippen LogP contribution is -2.40. The van der Waals surface area contributed by atoms with Gasteiger partial charge in [0.15, 0.2) is 0 Å². The van der Waals surface area contributed by atoms with Crippen molar-refractivity contribution in [3.05, 3.63) is 68.7 Å². The summed E-state index contributed by atoms with van der Waals surface area (Å²) in [5.41, 5.74) is -3.65. The van der Waals surface area contributed by atoms with E-state index in [0.717, 1.165) is 4.90 Å². The molecule has 0 unspecified atom stereocenters. The van der Waals surface area contributed by atoms with Crippen molar-refractivity contribution < 1.29 is 41.0 Å². The van der Waals surface area contributed by atoms with E-state index in [0.29, 0.717) is 17.7 Å². The molecular formula is C20H14Cl2F6N2O3. The second-order valence-corrected chi connectivity index (χ2v) is 8.16. The van der Waals surface area contributed by atoms with Gasteiger partial charge in [-0.05, 0) is 35.9 Å². The smallest absolute Gasteiger partial charge is 0.416 e. The average Bonchev–Trinajstić information content (AvgIpc) is 3.12. The van der Waals surface area contributed by atoms with Crippen LogP contribution in [0.5, 0.6) is 0 Å². The second kappa shape index (κ2) is 8.94. The van der Waals surface area contributed by atoms with Crippen molar-refractivity contribution in [2.24, 2.45) is 0 Å². The molecule has 2 amide bonds. The first-order chi connectivity index (χ1) is 15.2. The molecule has 1 heterocycles. The topological polar surface area (TPSA) is 69.6 Å². The van der Waals surface area contributed by atoms with Gasteiger partial charge in [-0.15, -0.1) is 0 Å². The highest BCUT2D eigenvalue weighted by molar-refractivity contribution is 6.42. The zero-order valence-corrected chi connectivity index (χ0v) is 17.8. The highest BCUT2D eigenvalue weighted by Crippen LogP contribution is 2.37. The molecule has 3 rings (SSSR count). The Morgan fingerprint density at radius 3 is 1.97 bits per heavy atom. The highest BCUT2D eigenvalue weighted by Gasteiger charge is 2.40. The third kappa shape index (κ3) is 5.64. The van der Waals surface area contributed by atoms with Gasteiger partial charge in [-0.1, -0.05) is 29.3 Å². The van der Waals surface area contributed by atoms with Crippen LogP contribution < -0.4 is 5.32 Å². The number of carboxylic acid groups (broad SMARTS) is 1. The molecule has 33 heavy (non-hydrogen) atoms. The molecule has 2 aromatic carbocycles. The molecule has 5 nitrogen and oxygen atoms in total. The van der Waals surface area contributed by atoms with Gasteiger partial charge < -0.3 is 15.3 Å². The molecule has 0 aromatic heterocycles. The molecule has 0 spiro atoms. The minimum Gasteiger partial charge on any atom is -0.465 e. The van der Waals surface area contributed by atoms with E-state index in [1.165, 1.54) is 18.2 Å². The maximum atomic E-state index is 13.1. The Hall–Kier alpha value is -2.66. The Bertz CT molecular complexity index is 1060. The van der Waals surface area contributed by atoms with Crippen molar-refractivity contribution in [3.63, 3.8) is 0 Å². The number of amides is 2. The first kappa shape index (κ1) is 25.0. The molecule has 1 aliphatic heterocycles. The summed E-state index contributed by atoms with van der Waals surface area (Å²) >= 11 is 11.9. The number of carbonyl (C=O) groups excluding carboxylic acids is 1. The van der Waals surface area contributed by atoms with Gasteiger partial charge in [-0.25, -0.2) is 4.79 Å². The molecule has 2 aromatic rings. The molecule has 1 fully saturated rings. The lowest BCUT2D eigenvalue weighted by Gasteiger charge is -2.21. The highest BCUT2D eigenvalue weighted by atomic mass is 35.5. The zero-order valence-electron chi connectivity index (χ0n) is 16.3. The molecule has 0 bridgehead atoms. The molecule has 13 heteroatoms. The minimum absolute atomic E-state index is 0.0863. The van der Waals surface area contributed by atoms with E-state index in [-0.39, 0.29) is 29.2 Å². The molecule has 0 aliphatic carbocycles. The Balaban J connectivity index is 1.95. The van der Waals surface area contributed by atoms with Gasteiger partial charge in [-0.2, -0.15) is 26.3 Å². The molecule has 1 aliphatic rings. The number of hydrogen-bond acceptors (Lipinski definition) is 2. The summed E-state index contributed by atoms with van der Waals surface area (Å²) in [5, 5.41) is 12.1. The van der Waals surface area contributed by atoms with E-state index < -0.39 is 53.0 Å². The van der Waals surface area contributed by atoms with Gasteiger partial charge >= 0.3 is 18.4 Å². The fraction of sp³-hybridized carbons (Fsp3) is 0.300. The number of nitrogens with one attached hydrogen (secondary N) is 1. The molecule has 178 valence electrons. The predicted molar refractivity (Wildman–Crippen MR) is 107 cm³/mol. The number of rotatable bonds is 3. The average molecular weight is 515 g/mol. The maximum Gasteiger partial charge on any atom is 0.416 e. The first-order valence-electron chi connectivity index (χ1n) is 9.20. The minimum atomic E-state index is -5.12. The molecule has 2 N–H and O–H groups in total. The van der Waals surface area contributed by atoms with Crippen molar-refractivity contribution in [2.75, 3.05) is 13.1 Å². The quantitative estimate of drug-likeness (QED) is 0.500. The summed E-state index contributed by atoms with van der Waals surface area (Å²) in [6.07, 6.45) is -11.5. The van der Waals surface area contributed by atoms with Gasteiger partial charge in [0.25, 0.3) is 5.91 Å². The first-order valence-corrected chi connectivity index (χ1v) is 9.95. The third-order valence-corrected chi connectivity index (χ3v) is 5.87. The molecular weight excluding hydrogens is 501 g/mol. The van der Waals surface area contributed by atoms with Gasteiger partial charge in [0.2, 0.25) is 0 Å². The second-order valence-electron chi connectivity index (χ2n) is 7.34. The number of halogens is 8. The van der Waals surface area contributed by atoms with Gasteiger partial charge in [0.05, 0.1) is 27.2 Å².